The fourth-order valence-electron chi connectivity index (χ4n) is 12.4. The lowest BCUT2D eigenvalue weighted by Crippen LogP contribution is -2.59. The van der Waals surface area contributed by atoms with Gasteiger partial charge in [-0.25, -0.2) is 5.48 Å². The summed E-state index contributed by atoms with van der Waals surface area (Å²) >= 11 is 0. The zero-order valence-corrected chi connectivity index (χ0v) is 56.7. The predicted octanol–water partition coefficient (Wildman–Crippen LogP) is 6.49. The minimum Gasteiger partial charge on any atom is -0.379 e. The average Bonchev–Trinajstić information content (AvgIpc) is 1.45. The van der Waals surface area contributed by atoms with Crippen molar-refractivity contribution < 1.29 is 57.4 Å². The maximum absolute atomic E-state index is 14.6. The summed E-state index contributed by atoms with van der Waals surface area (Å²) in [6.45, 7) is 16.7. The van der Waals surface area contributed by atoms with E-state index in [1.54, 1.807) is 55.0 Å². The summed E-state index contributed by atoms with van der Waals surface area (Å²) in [6.07, 6.45) is 17.4. The van der Waals surface area contributed by atoms with Crippen molar-refractivity contribution in [3.05, 3.63) is 114 Å². The molecule has 7 N–H and O–H groups in total. The number of carbonyl (C=O) groups is 8. The summed E-state index contributed by atoms with van der Waals surface area (Å²) < 4.78 is 18.0. The number of nitrogens with zero attached hydrogens (tertiary/aromatic N) is 3. The Balaban J connectivity index is 1.07. The van der Waals surface area contributed by atoms with Crippen molar-refractivity contribution in [2.75, 3.05) is 67.1 Å². The number of ether oxygens (including phenoxy) is 3. The minimum absolute atomic E-state index is 0.00667. The first-order valence-corrected chi connectivity index (χ1v) is 32.8. The van der Waals surface area contributed by atoms with Gasteiger partial charge >= 0.3 is 0 Å². The lowest BCUT2D eigenvalue weighted by Gasteiger charge is -2.41. The molecule has 2 aromatic rings. The Morgan fingerprint density at radius 1 is 0.707 bits per heavy atom. The molecule has 1 saturated carbocycles. The Kier molecular flexibility index (Phi) is 31.9. The molecule has 0 radical (unpaired) electrons. The van der Waals surface area contributed by atoms with Crippen molar-refractivity contribution in [2.24, 2.45) is 35.5 Å². The molecule has 0 unspecified atom stereocenters. The van der Waals surface area contributed by atoms with E-state index in [1.165, 1.54) is 14.2 Å². The molecule has 1 aliphatic heterocycles. The second kappa shape index (κ2) is 38.8. The maximum atomic E-state index is 14.6. The van der Waals surface area contributed by atoms with Crippen molar-refractivity contribution in [1.29, 1.82) is 0 Å². The first-order valence-electron chi connectivity index (χ1n) is 32.8. The molecule has 2 fully saturated rings. The van der Waals surface area contributed by atoms with Gasteiger partial charge in [-0.3, -0.25) is 53.4 Å². The summed E-state index contributed by atoms with van der Waals surface area (Å²) in [4.78, 5) is 120. The second-order valence-corrected chi connectivity index (χ2v) is 25.7. The molecule has 0 bridgehead atoms. The lowest BCUT2D eigenvalue weighted by atomic mass is 9.82. The Morgan fingerprint density at radius 3 is 2.03 bits per heavy atom. The van der Waals surface area contributed by atoms with Crippen molar-refractivity contribution in [3.63, 3.8) is 0 Å². The zero-order valence-electron chi connectivity index (χ0n) is 56.7. The molecular weight excluding hydrogens is 1170 g/mol. The van der Waals surface area contributed by atoms with Crippen LogP contribution in [0.3, 0.4) is 0 Å². The highest BCUT2D eigenvalue weighted by Crippen LogP contribution is 2.32. The van der Waals surface area contributed by atoms with Crippen LogP contribution in [-0.4, -0.2) is 172 Å². The van der Waals surface area contributed by atoms with Crippen LogP contribution in [0.5, 0.6) is 0 Å². The minimum atomic E-state index is -1.06. The topological polar surface area (TPSA) is 267 Å². The van der Waals surface area contributed by atoms with E-state index in [9.17, 15) is 38.4 Å². The van der Waals surface area contributed by atoms with Crippen LogP contribution in [0.15, 0.2) is 103 Å². The number of likely N-dealkylation sites (tertiary alicyclic amines) is 1. The number of allylic oxidation sites excluding steroid dienone is 7. The molecule has 5 rings (SSSR count). The van der Waals surface area contributed by atoms with E-state index >= 15 is 0 Å². The van der Waals surface area contributed by atoms with Crippen molar-refractivity contribution in [3.8, 4) is 0 Å². The van der Waals surface area contributed by atoms with Crippen LogP contribution >= 0.6 is 0 Å². The smallest absolute Gasteiger partial charge is 0.266 e. The molecule has 508 valence electrons. The van der Waals surface area contributed by atoms with Gasteiger partial charge in [-0.05, 0) is 119 Å². The van der Waals surface area contributed by atoms with E-state index in [4.69, 9.17) is 19.0 Å². The molecule has 22 heteroatoms. The van der Waals surface area contributed by atoms with E-state index in [0.29, 0.717) is 56.1 Å². The van der Waals surface area contributed by atoms with Gasteiger partial charge in [0, 0.05) is 64.5 Å². The van der Waals surface area contributed by atoms with E-state index in [1.807, 2.05) is 133 Å². The van der Waals surface area contributed by atoms with Crippen LogP contribution < -0.4 is 37.4 Å². The molecule has 22 nitrogen and oxygen atoms in total. The Hall–Kier alpha value is -7.08. The number of nitrogens with one attached hydrogen (secondary N) is 7. The van der Waals surface area contributed by atoms with Crippen molar-refractivity contribution in [2.45, 2.75) is 175 Å². The summed E-state index contributed by atoms with van der Waals surface area (Å²) in [7, 11) is 8.44. The van der Waals surface area contributed by atoms with Crippen LogP contribution in [0.25, 0.3) is 0 Å². The Morgan fingerprint density at radius 2 is 1.39 bits per heavy atom. The molecule has 92 heavy (non-hydrogen) atoms. The number of methoxy groups -OCH3 is 2. The summed E-state index contributed by atoms with van der Waals surface area (Å²) in [5.74, 6) is -3.21. The third-order valence-electron chi connectivity index (χ3n) is 17.8. The van der Waals surface area contributed by atoms with Gasteiger partial charge in [-0.15, -0.1) is 0 Å². The lowest BCUT2D eigenvalue weighted by molar-refractivity contribution is -0.148. The number of carbonyl (C=O) groups excluding carboxylic acids is 8. The monoisotopic (exact) mass is 1280 g/mol. The number of rotatable bonds is 36. The maximum Gasteiger partial charge on any atom is 0.266 e. The molecule has 0 spiro atoms. The number of likely N-dealkylation sites (N-methyl/N-ethyl adjacent to an activating group) is 2. The number of benzene rings is 2. The highest BCUT2D eigenvalue weighted by molar-refractivity contribution is 5.97. The largest absolute Gasteiger partial charge is 0.379 e. The van der Waals surface area contributed by atoms with Gasteiger partial charge in [0.25, 0.3) is 5.91 Å². The van der Waals surface area contributed by atoms with Gasteiger partial charge in [0.05, 0.1) is 62.6 Å². The summed E-state index contributed by atoms with van der Waals surface area (Å²) in [6, 6.07) is 11.9. The van der Waals surface area contributed by atoms with Gasteiger partial charge in [0.1, 0.15) is 18.1 Å². The van der Waals surface area contributed by atoms with Gasteiger partial charge in [-0.1, -0.05) is 128 Å². The molecule has 1 saturated heterocycles. The van der Waals surface area contributed by atoms with Gasteiger partial charge in [0.15, 0.2) is 0 Å². The third-order valence-corrected chi connectivity index (χ3v) is 17.8. The quantitative estimate of drug-likeness (QED) is 0.0218. The van der Waals surface area contributed by atoms with Crippen LogP contribution in [0, 0.1) is 35.5 Å². The second-order valence-electron chi connectivity index (χ2n) is 25.7. The number of hydroxylamine groups is 1. The van der Waals surface area contributed by atoms with E-state index in [0.717, 1.165) is 36.9 Å². The van der Waals surface area contributed by atoms with Crippen LogP contribution in [0.1, 0.15) is 124 Å². The molecule has 3 aliphatic rings. The predicted molar refractivity (Wildman–Crippen MR) is 355 cm³/mol. The fraction of sp³-hybridized carbons (Fsp3) is 0.600. The van der Waals surface area contributed by atoms with Gasteiger partial charge in [0.2, 0.25) is 41.4 Å². The molecule has 2 aromatic carbocycles. The van der Waals surface area contributed by atoms with Crippen LogP contribution in [0.4, 0.5) is 5.69 Å². The molecular formula is C70H106N10O12. The average molecular weight is 1280 g/mol. The molecule has 0 aromatic heterocycles. The Bertz CT molecular complexity index is 2810. The standard InChI is InChI=1S/C70H106N10O12/c1-14-47(6)63(79(11)70(88)61(45(2)3)76-69(87)62(46(4)5)78(9)10)58(89-12)41-60(82)80-39-23-28-57(80)64(90-13)48(7)65(83)75-56(40-50-24-19-18-20-25-50)68(86)77-92-43-52-31-35-55(36-32-52)73-66(84)49(8)72-59(81)37-38-71-44-91-42-51-29-33-53(34-30-51)67(85)74-54-26-21-16-15-17-22-27-54/h15-22,24-27,31-32,35-36,45-49,51,53,56-58,61-64,71H,14,23,28-30,33-34,37-44H2,1-13H3,(H,72,81)(H,73,84)(H,74,85)(H,75,83)(H,76,87)(H,77,86)/b16-15-,17-15?,21-16?,22-17-,26-21-,27-22?,54-26?,54-27+/t47-,48+,49+,51-,53-,56-,57-,58+,61-,62-,63-,64+/m0/s1. The molecule has 10 atom stereocenters. The highest BCUT2D eigenvalue weighted by Gasteiger charge is 2.44. The number of amides is 8. The molecule has 1 heterocycles. The number of anilines is 1. The van der Waals surface area contributed by atoms with Crippen molar-refractivity contribution in [1.82, 2.24) is 46.8 Å². The number of hydrogen-bond donors (Lipinski definition) is 7. The first-order chi connectivity index (χ1) is 44.0. The van der Waals surface area contributed by atoms with Crippen LogP contribution in [0.2, 0.25) is 0 Å². The van der Waals surface area contributed by atoms with Gasteiger partial charge < -0.3 is 50.6 Å². The van der Waals surface area contributed by atoms with E-state index in [-0.39, 0.29) is 85.8 Å². The third kappa shape index (κ3) is 23.5. The van der Waals surface area contributed by atoms with Crippen LogP contribution in [-0.2, 0) is 70.4 Å². The van der Waals surface area contributed by atoms with Crippen molar-refractivity contribution >= 4 is 52.9 Å². The normalized spacial score (nSPS) is 21.1. The SMILES string of the molecule is CC[C@H](C)[C@@H]([C@@H](CC(=O)N1CCC[C@H]1[C@H](OC)[C@@H](C)C(=O)N[C@@H](Cc1ccccc1)C(=O)NOCc1ccc(NC(=O)[C@@H](C)NC(=O)CCNCOC[C@H]2CC[C@H](C(=O)NC3=C/C=C\C=C/C=C\3)CC2)cc1)OC)N(C)C(=O)[C@@H](NC(=O)[C@H](C(C)C)N(C)C)C(C)C. The number of hydrogen-bond acceptors (Lipinski definition) is 14. The molecule has 8 amide bonds. The zero-order chi connectivity index (χ0) is 67.4. The Labute approximate surface area is 546 Å². The fourth-order valence-corrected chi connectivity index (χ4v) is 12.4. The summed E-state index contributed by atoms with van der Waals surface area (Å²) in [5, 5.41) is 17.7. The van der Waals surface area contributed by atoms with E-state index in [2.05, 4.69) is 37.4 Å². The van der Waals surface area contributed by atoms with Gasteiger partial charge in [-0.2, -0.15) is 0 Å². The first kappa shape index (κ1) is 75.6. The van der Waals surface area contributed by atoms with E-state index < -0.39 is 72.1 Å². The highest BCUT2D eigenvalue weighted by atomic mass is 16.7. The molecule has 2 aliphatic carbocycles. The summed E-state index contributed by atoms with van der Waals surface area (Å²) in [5.41, 5.74) is 5.24.